The molecule has 0 saturated heterocycles. The normalized spacial score (nSPS) is 5.06. The Hall–Kier alpha value is 2.24. The second-order valence-corrected chi connectivity index (χ2v) is 0.866. The van der Waals surface area contributed by atoms with Crippen LogP contribution in [0.15, 0.2) is 0 Å². The molecule has 0 bridgehead atoms. The smallest absolute Gasteiger partial charge is 0.907 e. The third-order valence-electron chi connectivity index (χ3n) is 0. The van der Waals surface area contributed by atoms with Gasteiger partial charge >= 0.3 is 75.8 Å². The molecule has 0 aromatic heterocycles. The van der Waals surface area contributed by atoms with Crippen LogP contribution < -0.4 is 45.2 Å². The average Bonchev–Trinajstić information content (AvgIpc) is 1.54. The molecule has 0 N–H and O–H groups in total. The maximum atomic E-state index is 8.42. The Kier molecular flexibility index (Phi) is 96.5. The Morgan fingerprint density at radius 3 is 0.375 bits per heavy atom. The van der Waals surface area contributed by atoms with Gasteiger partial charge in [-0.15, -0.1) is 0 Å². The molecule has 72 valence electrons. The van der Waals surface area contributed by atoms with Gasteiger partial charge in [-0.1, -0.05) is 0 Å². The van der Waals surface area contributed by atoms with Crippen LogP contribution in [-0.4, -0.2) is 39.3 Å². The summed E-state index contributed by atoms with van der Waals surface area (Å²) in [5.41, 5.74) is 0. The van der Waals surface area contributed by atoms with Gasteiger partial charge in [-0.05, 0) is 0 Å². The minimum atomic E-state index is -2.92. The molecule has 0 radical (unpaired) electrons. The summed E-state index contributed by atoms with van der Waals surface area (Å²) in [6, 6.07) is 0. The van der Waals surface area contributed by atoms with Crippen molar-refractivity contribution in [2.75, 3.05) is 0 Å². The van der Waals surface area contributed by atoms with Crippen LogP contribution >= 0.6 is 0 Å². The molecule has 0 atom stereocenters. The topological polar surface area (TPSA) is 208 Å². The van der Waals surface area contributed by atoms with Crippen LogP contribution in [0.1, 0.15) is 0 Å². The SMILES string of the molecule is [Al+3].[O-]B([O-])[O-].[O-]B([O-])[O-].[O-]B([O-])[O-].[Zn+2].[Zn+2].[Zn+2]. The number of hydrogen-bond donors (Lipinski definition) is 0. The standard InChI is InChI=1S/Al.3BO3.3Zn/c;3*2-1(3)4;;;/q+3;3*-3;3*+2. The molecule has 0 heterocycles. The first-order valence-electron chi connectivity index (χ1n) is 2.12. The van der Waals surface area contributed by atoms with Crippen molar-refractivity contribution in [2.45, 2.75) is 0 Å². The Morgan fingerprint density at radius 2 is 0.375 bits per heavy atom. The van der Waals surface area contributed by atoms with Crippen LogP contribution in [0.2, 0.25) is 0 Å². The maximum absolute atomic E-state index is 8.42. The monoisotopic (exact) mass is 396 g/mol. The predicted octanol–water partition coefficient (Wildman–Crippen LogP) is -12.2. The molecule has 0 aliphatic carbocycles. The van der Waals surface area contributed by atoms with Crippen molar-refractivity contribution in [3.63, 3.8) is 0 Å². The van der Waals surface area contributed by atoms with Crippen molar-refractivity contribution < 1.29 is 104 Å². The van der Waals surface area contributed by atoms with E-state index >= 15 is 0 Å². The van der Waals surface area contributed by atoms with E-state index in [1.54, 1.807) is 0 Å². The molecule has 0 unspecified atom stereocenters. The molecule has 0 spiro atoms. The molecule has 9 nitrogen and oxygen atoms in total. The van der Waals surface area contributed by atoms with E-state index in [0.29, 0.717) is 0 Å². The second-order valence-electron chi connectivity index (χ2n) is 0.866. The molecular weight excluding hydrogens is 400 g/mol. The van der Waals surface area contributed by atoms with Crippen molar-refractivity contribution in [1.82, 2.24) is 0 Å². The third-order valence-corrected chi connectivity index (χ3v) is 0. The largest absolute Gasteiger partial charge is 3.00 e. The van der Waals surface area contributed by atoms with Crippen molar-refractivity contribution in [3.8, 4) is 0 Å². The molecule has 16 heteroatoms. The van der Waals surface area contributed by atoms with Gasteiger partial charge in [0, 0.05) is 0 Å². The summed E-state index contributed by atoms with van der Waals surface area (Å²) in [5, 5.41) is 75.8. The van der Waals surface area contributed by atoms with Crippen molar-refractivity contribution in [3.05, 3.63) is 0 Å². The molecule has 0 amide bonds. The van der Waals surface area contributed by atoms with E-state index in [-0.39, 0.29) is 75.8 Å². The summed E-state index contributed by atoms with van der Waals surface area (Å²) >= 11 is 0. The minimum Gasteiger partial charge on any atom is -0.907 e. The molecule has 16 heavy (non-hydrogen) atoms. The fraction of sp³-hybridized carbons (Fsp3) is 0. The molecule has 0 aromatic rings. The van der Waals surface area contributed by atoms with Crippen LogP contribution in [0.25, 0.3) is 0 Å². The van der Waals surface area contributed by atoms with Gasteiger partial charge in [0.2, 0.25) is 0 Å². The summed E-state index contributed by atoms with van der Waals surface area (Å²) in [4.78, 5) is 0. The van der Waals surface area contributed by atoms with E-state index in [4.69, 9.17) is 45.2 Å². The van der Waals surface area contributed by atoms with Crippen LogP contribution in [-0.2, 0) is 58.4 Å². The minimum absolute atomic E-state index is 0. The van der Waals surface area contributed by atoms with Crippen LogP contribution in [0, 0.1) is 0 Å². The van der Waals surface area contributed by atoms with Crippen molar-refractivity contribution in [2.24, 2.45) is 0 Å². The quantitative estimate of drug-likeness (QED) is 0.353. The Bertz CT molecular complexity index is 54.5. The van der Waals surface area contributed by atoms with Gasteiger partial charge in [-0.25, -0.2) is 0 Å². The van der Waals surface area contributed by atoms with Crippen LogP contribution in [0.5, 0.6) is 0 Å². The van der Waals surface area contributed by atoms with E-state index in [1.165, 1.54) is 0 Å². The van der Waals surface area contributed by atoms with Gasteiger partial charge in [0.05, 0.1) is 0 Å². The third kappa shape index (κ3) is 753. The predicted molar refractivity (Wildman–Crippen MR) is 23.0 cm³/mol. The first kappa shape index (κ1) is 42.9. The van der Waals surface area contributed by atoms with Gasteiger partial charge < -0.3 is 45.2 Å². The molecule has 0 fully saturated rings. The van der Waals surface area contributed by atoms with Crippen molar-refractivity contribution >= 4 is 39.3 Å². The molecule has 0 aromatic carbocycles. The fourth-order valence-electron chi connectivity index (χ4n) is 0. The number of rotatable bonds is 0. The summed E-state index contributed by atoms with van der Waals surface area (Å²) in [7, 11) is -8.75. The zero-order chi connectivity index (χ0) is 10.7. The average molecular weight is 400 g/mol. The Morgan fingerprint density at radius 1 is 0.375 bits per heavy atom. The molecule has 0 rings (SSSR count). The van der Waals surface area contributed by atoms with Crippen molar-refractivity contribution in [1.29, 1.82) is 0 Å². The first-order valence-corrected chi connectivity index (χ1v) is 2.12. The first-order chi connectivity index (χ1) is 5.20. The van der Waals surface area contributed by atoms with E-state index in [1.807, 2.05) is 0 Å². The van der Waals surface area contributed by atoms with Gasteiger partial charge in [-0.3, -0.25) is 22.0 Å². The van der Waals surface area contributed by atoms with E-state index < -0.39 is 22.0 Å². The molecule has 0 saturated carbocycles. The molecule has 0 aliphatic heterocycles. The summed E-state index contributed by atoms with van der Waals surface area (Å²) < 4.78 is 0. The van der Waals surface area contributed by atoms with Gasteiger partial charge in [0.25, 0.3) is 0 Å². The van der Waals surface area contributed by atoms with E-state index in [2.05, 4.69) is 0 Å². The zero-order valence-corrected chi connectivity index (χ0v) is 18.2. The Balaban J connectivity index is -0.0000000135. The van der Waals surface area contributed by atoms with Crippen LogP contribution in [0.4, 0.5) is 0 Å². The van der Waals surface area contributed by atoms with Gasteiger partial charge in [0.15, 0.2) is 0 Å². The summed E-state index contributed by atoms with van der Waals surface area (Å²) in [5.74, 6) is 0. The molecular formula is AlB3O9Zn3. The van der Waals surface area contributed by atoms with Gasteiger partial charge in [0.1, 0.15) is 0 Å². The van der Waals surface area contributed by atoms with E-state index in [0.717, 1.165) is 0 Å². The van der Waals surface area contributed by atoms with E-state index in [9.17, 15) is 0 Å². The summed E-state index contributed by atoms with van der Waals surface area (Å²) in [6.07, 6.45) is 0. The summed E-state index contributed by atoms with van der Waals surface area (Å²) in [6.45, 7) is 0. The molecule has 0 aliphatic rings. The van der Waals surface area contributed by atoms with Gasteiger partial charge in [-0.2, -0.15) is 0 Å². The fourth-order valence-corrected chi connectivity index (χ4v) is 0. The number of hydrogen-bond acceptors (Lipinski definition) is 9. The second kappa shape index (κ2) is 36.0. The maximum Gasteiger partial charge on any atom is 3.00 e. The Labute approximate surface area is 142 Å². The van der Waals surface area contributed by atoms with Crippen LogP contribution in [0.3, 0.4) is 0 Å². The zero-order valence-electron chi connectivity index (χ0n) is 8.10.